The summed E-state index contributed by atoms with van der Waals surface area (Å²) in [6.07, 6.45) is 1.77. The van der Waals surface area contributed by atoms with Gasteiger partial charge in [0.05, 0.1) is 18.2 Å². The summed E-state index contributed by atoms with van der Waals surface area (Å²) in [5, 5.41) is 9.65. The van der Waals surface area contributed by atoms with E-state index in [1.54, 1.807) is 42.2 Å². The van der Waals surface area contributed by atoms with Crippen molar-refractivity contribution >= 4 is 27.7 Å². The number of pyridine rings is 1. The van der Waals surface area contributed by atoms with E-state index < -0.39 is 0 Å². The lowest BCUT2D eigenvalue weighted by atomic mass is 10.2. The van der Waals surface area contributed by atoms with E-state index in [2.05, 4.69) is 27.0 Å². The number of hydrogen-bond donors (Lipinski definition) is 0. The highest BCUT2D eigenvalue weighted by Gasteiger charge is 2.01. The van der Waals surface area contributed by atoms with Gasteiger partial charge >= 0.3 is 0 Å². The van der Waals surface area contributed by atoms with Gasteiger partial charge in [0.1, 0.15) is 10.8 Å². The Morgan fingerprint density at radius 1 is 1.26 bits per heavy atom. The molecule has 0 aliphatic rings. The van der Waals surface area contributed by atoms with Crippen molar-refractivity contribution in [2.24, 2.45) is 0 Å². The molecule has 0 amide bonds. The highest BCUT2D eigenvalue weighted by molar-refractivity contribution is 9.10. The first-order valence-corrected chi connectivity index (χ1v) is 7.44. The van der Waals surface area contributed by atoms with Gasteiger partial charge in [0.15, 0.2) is 0 Å². The summed E-state index contributed by atoms with van der Waals surface area (Å²) in [6.45, 7) is 0.597. The van der Waals surface area contributed by atoms with Crippen molar-refractivity contribution in [2.75, 3.05) is 12.4 Å². The van der Waals surface area contributed by atoms with Crippen LogP contribution in [0, 0.1) is 11.3 Å². The zero-order valence-corrected chi connectivity index (χ0v) is 12.4. The number of hydrogen-bond acceptors (Lipinski definition) is 4. The molecule has 0 saturated carbocycles. The van der Waals surface area contributed by atoms with E-state index in [-0.39, 0.29) is 0 Å². The molecular formula is C14H11BrN2OS. The van der Waals surface area contributed by atoms with E-state index in [4.69, 9.17) is 10.00 Å². The number of ether oxygens (including phenoxy) is 1. The predicted molar refractivity (Wildman–Crippen MR) is 79.3 cm³/mol. The van der Waals surface area contributed by atoms with E-state index in [0.29, 0.717) is 12.2 Å². The molecule has 2 aromatic rings. The van der Waals surface area contributed by atoms with Crippen LogP contribution in [-0.4, -0.2) is 17.3 Å². The van der Waals surface area contributed by atoms with Crippen LogP contribution in [0.5, 0.6) is 5.75 Å². The predicted octanol–water partition coefficient (Wildman–Crippen LogP) is 3.89. The summed E-state index contributed by atoms with van der Waals surface area (Å²) < 4.78 is 6.59. The van der Waals surface area contributed by atoms with E-state index in [1.165, 1.54) is 0 Å². The summed E-state index contributed by atoms with van der Waals surface area (Å²) in [5.74, 6) is 1.59. The second-order valence-corrected chi connectivity index (χ2v) is 5.56. The molecule has 96 valence electrons. The first-order chi connectivity index (χ1) is 9.29. The van der Waals surface area contributed by atoms with Gasteiger partial charge in [0.25, 0.3) is 0 Å². The Labute approximate surface area is 124 Å². The molecule has 0 fully saturated rings. The first kappa shape index (κ1) is 13.9. The molecule has 0 aliphatic carbocycles. The van der Waals surface area contributed by atoms with E-state index in [9.17, 15) is 0 Å². The van der Waals surface area contributed by atoms with Crippen molar-refractivity contribution in [2.45, 2.75) is 5.03 Å². The van der Waals surface area contributed by atoms with Gasteiger partial charge in [-0.2, -0.15) is 5.26 Å². The lowest BCUT2D eigenvalue weighted by Crippen LogP contribution is -2.00. The molecule has 2 rings (SSSR count). The average Bonchev–Trinajstić information content (AvgIpc) is 2.46. The zero-order chi connectivity index (χ0) is 13.5. The molecule has 0 aliphatic heterocycles. The molecule has 0 radical (unpaired) electrons. The number of aromatic nitrogens is 1. The van der Waals surface area contributed by atoms with Gasteiger partial charge in [-0.3, -0.25) is 0 Å². The Morgan fingerprint density at radius 2 is 2.05 bits per heavy atom. The Morgan fingerprint density at radius 3 is 2.74 bits per heavy atom. The van der Waals surface area contributed by atoms with Crippen LogP contribution in [0.1, 0.15) is 5.56 Å². The molecule has 0 atom stereocenters. The van der Waals surface area contributed by atoms with Crippen molar-refractivity contribution in [3.63, 3.8) is 0 Å². The molecule has 0 bridgehead atoms. The molecule has 1 heterocycles. The van der Waals surface area contributed by atoms with Gasteiger partial charge in [0, 0.05) is 16.4 Å². The second-order valence-electron chi connectivity index (χ2n) is 3.62. The first-order valence-electron chi connectivity index (χ1n) is 5.66. The van der Waals surface area contributed by atoms with E-state index in [0.717, 1.165) is 21.0 Å². The monoisotopic (exact) mass is 334 g/mol. The minimum absolute atomic E-state index is 0.597. The van der Waals surface area contributed by atoms with Gasteiger partial charge in [-0.1, -0.05) is 0 Å². The smallest absolute Gasteiger partial charge is 0.119 e. The van der Waals surface area contributed by atoms with Gasteiger partial charge in [0.2, 0.25) is 0 Å². The van der Waals surface area contributed by atoms with Crippen LogP contribution in [-0.2, 0) is 0 Å². The molecule has 0 saturated heterocycles. The summed E-state index contributed by atoms with van der Waals surface area (Å²) >= 11 is 5.09. The fourth-order valence-electron chi connectivity index (χ4n) is 1.40. The fraction of sp³-hybridized carbons (Fsp3) is 0.143. The Balaban J connectivity index is 1.78. The Hall–Kier alpha value is -1.51. The largest absolute Gasteiger partial charge is 0.493 e. The minimum atomic E-state index is 0.597. The van der Waals surface area contributed by atoms with Crippen LogP contribution in [0.15, 0.2) is 52.1 Å². The maximum atomic E-state index is 8.69. The maximum Gasteiger partial charge on any atom is 0.119 e. The third kappa shape index (κ3) is 4.27. The quantitative estimate of drug-likeness (QED) is 0.614. The van der Waals surface area contributed by atoms with Crippen molar-refractivity contribution < 1.29 is 4.74 Å². The lowest BCUT2D eigenvalue weighted by molar-refractivity contribution is 0.344. The van der Waals surface area contributed by atoms with E-state index >= 15 is 0 Å². The van der Waals surface area contributed by atoms with Crippen LogP contribution in [0.25, 0.3) is 0 Å². The maximum absolute atomic E-state index is 8.69. The van der Waals surface area contributed by atoms with Crippen molar-refractivity contribution in [1.29, 1.82) is 5.26 Å². The number of thioether (sulfide) groups is 1. The molecule has 1 aromatic heterocycles. The van der Waals surface area contributed by atoms with Crippen LogP contribution >= 0.6 is 27.7 Å². The number of benzene rings is 1. The molecule has 0 spiro atoms. The summed E-state index contributed by atoms with van der Waals surface area (Å²) in [4.78, 5) is 4.27. The normalized spacial score (nSPS) is 9.89. The van der Waals surface area contributed by atoms with Crippen molar-refractivity contribution in [1.82, 2.24) is 4.98 Å². The third-order valence-electron chi connectivity index (χ3n) is 2.30. The van der Waals surface area contributed by atoms with Crippen LogP contribution in [0.3, 0.4) is 0 Å². The van der Waals surface area contributed by atoms with Gasteiger partial charge in [-0.25, -0.2) is 4.98 Å². The van der Waals surface area contributed by atoms with Crippen LogP contribution in [0.4, 0.5) is 0 Å². The lowest BCUT2D eigenvalue weighted by Gasteiger charge is -2.06. The SMILES string of the molecule is N#Cc1ccc(OCCSc2ncccc2Br)cc1. The molecule has 1 aromatic carbocycles. The number of halogens is 1. The molecule has 3 nitrogen and oxygen atoms in total. The number of rotatable bonds is 5. The van der Waals surface area contributed by atoms with Crippen LogP contribution in [0.2, 0.25) is 0 Å². The van der Waals surface area contributed by atoms with Crippen LogP contribution < -0.4 is 4.74 Å². The highest BCUT2D eigenvalue weighted by atomic mass is 79.9. The summed E-state index contributed by atoms with van der Waals surface area (Å²) in [5.41, 5.74) is 0.638. The third-order valence-corrected chi connectivity index (χ3v) is 4.17. The number of nitrogens with zero attached hydrogens (tertiary/aromatic N) is 2. The summed E-state index contributed by atoms with van der Waals surface area (Å²) in [6, 6.07) is 13.0. The zero-order valence-electron chi connectivity index (χ0n) is 10.0. The Kier molecular flexibility index (Phi) is 5.25. The van der Waals surface area contributed by atoms with Crippen molar-refractivity contribution in [3.05, 3.63) is 52.6 Å². The molecule has 0 unspecified atom stereocenters. The van der Waals surface area contributed by atoms with Crippen molar-refractivity contribution in [3.8, 4) is 11.8 Å². The molecule has 0 N–H and O–H groups in total. The minimum Gasteiger partial charge on any atom is -0.493 e. The fourth-order valence-corrected chi connectivity index (χ4v) is 2.70. The van der Waals surface area contributed by atoms with Gasteiger partial charge < -0.3 is 4.74 Å². The van der Waals surface area contributed by atoms with Gasteiger partial charge in [-0.15, -0.1) is 11.8 Å². The molecule has 5 heteroatoms. The molecular weight excluding hydrogens is 324 g/mol. The van der Waals surface area contributed by atoms with Gasteiger partial charge in [-0.05, 0) is 52.3 Å². The summed E-state index contributed by atoms with van der Waals surface area (Å²) in [7, 11) is 0. The highest BCUT2D eigenvalue weighted by Crippen LogP contribution is 2.24. The molecule has 19 heavy (non-hydrogen) atoms. The Bertz CT molecular complexity index is 581. The topological polar surface area (TPSA) is 45.9 Å². The van der Waals surface area contributed by atoms with E-state index in [1.807, 2.05) is 12.1 Å². The standard InChI is InChI=1S/C14H11BrN2OS/c15-13-2-1-7-17-14(13)19-9-8-18-12-5-3-11(10-16)4-6-12/h1-7H,8-9H2. The second kappa shape index (κ2) is 7.17. The average molecular weight is 335 g/mol. The number of nitriles is 1.